The quantitative estimate of drug-likeness (QED) is 0.172. The van der Waals surface area contributed by atoms with Crippen LogP contribution in [0.1, 0.15) is 51.4 Å². The molecule has 0 spiro atoms. The normalized spacial score (nSPS) is 11.3. The lowest BCUT2D eigenvalue weighted by Crippen LogP contribution is -2.13. The fourth-order valence-electron chi connectivity index (χ4n) is 1.72. The van der Waals surface area contributed by atoms with Crippen LogP contribution in [0.25, 0.3) is 0 Å². The predicted molar refractivity (Wildman–Crippen MR) is 72.0 cm³/mol. The van der Waals surface area contributed by atoms with Crippen LogP contribution in [0.2, 0.25) is 6.04 Å². The van der Waals surface area contributed by atoms with Crippen LogP contribution in [0.5, 0.6) is 0 Å². The summed E-state index contributed by atoms with van der Waals surface area (Å²) in [4.78, 5) is 10.7. The minimum atomic E-state index is -5.31. The summed E-state index contributed by atoms with van der Waals surface area (Å²) in [7, 11) is -5.31. The number of rotatable bonds is 12. The Labute approximate surface area is 114 Å². The Morgan fingerprint density at radius 2 is 1.42 bits per heavy atom. The molecule has 0 unspecified atom stereocenters. The highest BCUT2D eigenvalue weighted by Gasteiger charge is 2.35. The third-order valence-corrected chi connectivity index (χ3v) is 3.69. The second-order valence-electron chi connectivity index (χ2n) is 4.57. The Bertz CT molecular complexity index is 255. The lowest BCUT2D eigenvalue weighted by Gasteiger charge is -2.04. The maximum absolute atomic E-state index is 12.0. The zero-order chi connectivity index (χ0) is 14.6. The molecule has 0 aliphatic rings. The highest BCUT2D eigenvalue weighted by Crippen LogP contribution is 2.19. The van der Waals surface area contributed by atoms with Gasteiger partial charge >= 0.3 is 15.0 Å². The molecule has 0 radical (unpaired) electrons. The zero-order valence-corrected chi connectivity index (χ0v) is 12.3. The Kier molecular flexibility index (Phi) is 10.6. The smallest absolute Gasteiger partial charge is 0.463 e. The fourth-order valence-corrected chi connectivity index (χ4v) is 2.37. The number of hydrogen-bond acceptors (Lipinski definition) is 2. The Hall–Kier alpha value is -0.783. The van der Waals surface area contributed by atoms with Crippen LogP contribution in [0.3, 0.4) is 0 Å². The van der Waals surface area contributed by atoms with Crippen LogP contribution in [0.15, 0.2) is 12.7 Å². The van der Waals surface area contributed by atoms with Crippen molar-refractivity contribution in [3.63, 3.8) is 0 Å². The molecule has 0 amide bonds. The number of hydrogen-bond donors (Lipinski definition) is 0. The van der Waals surface area contributed by atoms with E-state index in [2.05, 4.69) is 6.58 Å². The topological polar surface area (TPSA) is 26.3 Å². The van der Waals surface area contributed by atoms with Gasteiger partial charge in [0.05, 0.1) is 6.61 Å². The van der Waals surface area contributed by atoms with Gasteiger partial charge in [-0.05, 0) is 12.8 Å². The van der Waals surface area contributed by atoms with Gasteiger partial charge in [0, 0.05) is 12.1 Å². The van der Waals surface area contributed by atoms with Gasteiger partial charge in [0.15, 0.2) is 0 Å². The lowest BCUT2D eigenvalue weighted by molar-refractivity contribution is -0.137. The van der Waals surface area contributed by atoms with Crippen molar-refractivity contribution in [3.8, 4) is 0 Å². The number of ether oxygens (including phenoxy) is 1. The second-order valence-corrected chi connectivity index (χ2v) is 6.30. The van der Waals surface area contributed by atoms with Crippen LogP contribution in [-0.4, -0.2) is 21.7 Å². The molecule has 0 heterocycles. The number of unbranched alkanes of at least 4 members (excludes halogenated alkanes) is 7. The third-order valence-electron chi connectivity index (χ3n) is 2.77. The molecule has 0 saturated carbocycles. The van der Waals surface area contributed by atoms with E-state index in [4.69, 9.17) is 4.74 Å². The van der Waals surface area contributed by atoms with Crippen molar-refractivity contribution in [2.24, 2.45) is 0 Å². The summed E-state index contributed by atoms with van der Waals surface area (Å²) < 4.78 is 40.8. The van der Waals surface area contributed by atoms with Crippen LogP contribution in [0, 0.1) is 0 Å². The molecule has 0 aliphatic heterocycles. The van der Waals surface area contributed by atoms with Crippen molar-refractivity contribution in [1.82, 2.24) is 0 Å². The fraction of sp³-hybridized carbons (Fsp3) is 0.769. The second kappa shape index (κ2) is 11.1. The van der Waals surface area contributed by atoms with E-state index in [9.17, 15) is 17.1 Å². The van der Waals surface area contributed by atoms with Gasteiger partial charge in [-0.15, -0.1) is 0 Å². The molecule has 0 atom stereocenters. The summed E-state index contributed by atoms with van der Waals surface area (Å²) in [6, 6.07) is -0.526. The van der Waals surface area contributed by atoms with Gasteiger partial charge in [0.2, 0.25) is 0 Å². The van der Waals surface area contributed by atoms with E-state index in [1.165, 1.54) is 0 Å². The molecule has 0 aromatic carbocycles. The molecule has 0 aliphatic carbocycles. The molecule has 19 heavy (non-hydrogen) atoms. The predicted octanol–water partition coefficient (Wildman–Crippen LogP) is 4.68. The summed E-state index contributed by atoms with van der Waals surface area (Å²) in [6.45, 7) is 3.71. The van der Waals surface area contributed by atoms with Crippen molar-refractivity contribution in [2.45, 2.75) is 57.4 Å². The SMILES string of the molecule is C=CC(=O)OCCCCCCCCCC[Si](F)(F)F. The summed E-state index contributed by atoms with van der Waals surface area (Å²) in [5, 5.41) is 0. The maximum Gasteiger partial charge on any atom is 0.616 e. The van der Waals surface area contributed by atoms with Crippen molar-refractivity contribution >= 4 is 15.0 Å². The van der Waals surface area contributed by atoms with E-state index in [1.54, 1.807) is 0 Å². The first-order valence-electron chi connectivity index (χ1n) is 6.81. The molecule has 112 valence electrons. The Morgan fingerprint density at radius 3 is 1.89 bits per heavy atom. The molecule has 0 aromatic heterocycles. The van der Waals surface area contributed by atoms with Crippen molar-refractivity contribution < 1.29 is 21.9 Å². The summed E-state index contributed by atoms with van der Waals surface area (Å²) in [5.74, 6) is -0.395. The first-order valence-corrected chi connectivity index (χ1v) is 8.66. The van der Waals surface area contributed by atoms with Gasteiger partial charge < -0.3 is 4.74 Å². The Morgan fingerprint density at radius 1 is 0.947 bits per heavy atom. The first-order chi connectivity index (χ1) is 8.95. The minimum Gasteiger partial charge on any atom is -0.463 e. The van der Waals surface area contributed by atoms with Gasteiger partial charge in [-0.2, -0.15) is 0 Å². The largest absolute Gasteiger partial charge is 0.616 e. The van der Waals surface area contributed by atoms with E-state index in [0.29, 0.717) is 19.4 Å². The number of halogens is 3. The van der Waals surface area contributed by atoms with Gasteiger partial charge in [-0.3, -0.25) is 0 Å². The zero-order valence-electron chi connectivity index (χ0n) is 11.3. The van der Waals surface area contributed by atoms with E-state index < -0.39 is 21.1 Å². The third kappa shape index (κ3) is 15.2. The van der Waals surface area contributed by atoms with E-state index in [0.717, 1.165) is 44.6 Å². The molecule has 6 heteroatoms. The van der Waals surface area contributed by atoms with Crippen LogP contribution in [-0.2, 0) is 9.53 Å². The molecule has 0 saturated heterocycles. The molecule has 0 N–H and O–H groups in total. The van der Waals surface area contributed by atoms with Gasteiger partial charge in [0.25, 0.3) is 0 Å². The summed E-state index contributed by atoms with van der Waals surface area (Å²) in [5.41, 5.74) is 0. The first kappa shape index (κ1) is 18.2. The average Bonchev–Trinajstić information content (AvgIpc) is 2.34. The molecule has 0 bridgehead atoms. The van der Waals surface area contributed by atoms with E-state index in [-0.39, 0.29) is 0 Å². The van der Waals surface area contributed by atoms with Gasteiger partial charge in [-0.25, -0.2) is 17.1 Å². The van der Waals surface area contributed by atoms with Crippen LogP contribution >= 0.6 is 0 Å². The highest BCUT2D eigenvalue weighted by atomic mass is 28.5. The van der Waals surface area contributed by atoms with Crippen molar-refractivity contribution in [3.05, 3.63) is 12.7 Å². The minimum absolute atomic E-state index is 0.299. The average molecular weight is 296 g/mol. The molecule has 0 rings (SSSR count). The monoisotopic (exact) mass is 296 g/mol. The Balaban J connectivity index is 3.11. The van der Waals surface area contributed by atoms with Crippen LogP contribution < -0.4 is 0 Å². The van der Waals surface area contributed by atoms with Gasteiger partial charge in [-0.1, -0.05) is 45.1 Å². The van der Waals surface area contributed by atoms with E-state index >= 15 is 0 Å². The van der Waals surface area contributed by atoms with Crippen molar-refractivity contribution in [2.75, 3.05) is 6.61 Å². The molecule has 2 nitrogen and oxygen atoms in total. The number of carbonyl (C=O) groups is 1. The number of esters is 1. The molecular weight excluding hydrogens is 273 g/mol. The molecule has 0 aromatic rings. The van der Waals surface area contributed by atoms with Crippen LogP contribution in [0.4, 0.5) is 12.3 Å². The summed E-state index contributed by atoms with van der Waals surface area (Å²) in [6.07, 6.45) is 7.90. The maximum atomic E-state index is 12.0. The van der Waals surface area contributed by atoms with Gasteiger partial charge in [0.1, 0.15) is 0 Å². The van der Waals surface area contributed by atoms with E-state index in [1.807, 2.05) is 0 Å². The standard InChI is InChI=1S/C13H23F3O2Si/c1-2-13(17)18-11-9-7-5-3-4-6-8-10-12-19(14,15)16/h2H,1,3-12H2. The summed E-state index contributed by atoms with van der Waals surface area (Å²) >= 11 is 0. The highest BCUT2D eigenvalue weighted by molar-refractivity contribution is 6.58. The lowest BCUT2D eigenvalue weighted by atomic mass is 10.1. The van der Waals surface area contributed by atoms with Crippen molar-refractivity contribution in [1.29, 1.82) is 0 Å². The molecule has 0 fully saturated rings. The number of carbonyl (C=O) groups excluding carboxylic acids is 1. The molecular formula is C13H23F3O2Si.